The number of carbonyl (C=O) groups excluding carboxylic acids is 1. The van der Waals surface area contributed by atoms with Crippen molar-refractivity contribution in [2.75, 3.05) is 6.61 Å². The third-order valence-electron chi connectivity index (χ3n) is 2.73. The van der Waals surface area contributed by atoms with Crippen molar-refractivity contribution in [3.63, 3.8) is 0 Å². The van der Waals surface area contributed by atoms with Crippen molar-refractivity contribution in [2.45, 2.75) is 40.7 Å². The van der Waals surface area contributed by atoms with Crippen LogP contribution in [0, 0.1) is 17.8 Å². The molecule has 0 fully saturated rings. The summed E-state index contributed by atoms with van der Waals surface area (Å²) in [5.74, 6) is 0.738. The number of nitrogens with one attached hydrogen (secondary N) is 1. The van der Waals surface area contributed by atoms with Gasteiger partial charge < -0.3 is 10.4 Å². The van der Waals surface area contributed by atoms with Crippen LogP contribution in [0.5, 0.6) is 0 Å². The molecule has 0 aromatic rings. The van der Waals surface area contributed by atoms with Crippen molar-refractivity contribution in [3.8, 4) is 0 Å². The van der Waals surface area contributed by atoms with E-state index in [2.05, 4.69) is 19.2 Å². The third-order valence-corrected chi connectivity index (χ3v) is 2.73. The highest BCUT2D eigenvalue weighted by molar-refractivity contribution is 5.78. The zero-order valence-corrected chi connectivity index (χ0v) is 9.87. The lowest BCUT2D eigenvalue weighted by Crippen LogP contribution is -2.45. The van der Waals surface area contributed by atoms with E-state index in [-0.39, 0.29) is 24.5 Å². The largest absolute Gasteiger partial charge is 0.394 e. The van der Waals surface area contributed by atoms with E-state index >= 15 is 0 Å². The van der Waals surface area contributed by atoms with Gasteiger partial charge in [0.15, 0.2) is 0 Å². The van der Waals surface area contributed by atoms with E-state index in [9.17, 15) is 4.79 Å². The minimum atomic E-state index is -0.120. The van der Waals surface area contributed by atoms with Crippen molar-refractivity contribution in [2.24, 2.45) is 17.8 Å². The molecule has 0 aliphatic carbocycles. The van der Waals surface area contributed by atoms with E-state index < -0.39 is 0 Å². The molecule has 2 atom stereocenters. The monoisotopic (exact) mass is 201 g/mol. The van der Waals surface area contributed by atoms with Crippen LogP contribution < -0.4 is 5.32 Å². The number of carbonyl (C=O) groups is 1. The van der Waals surface area contributed by atoms with E-state index in [1.165, 1.54) is 0 Å². The molecule has 0 spiro atoms. The van der Waals surface area contributed by atoms with Gasteiger partial charge in [-0.3, -0.25) is 4.79 Å². The zero-order valence-electron chi connectivity index (χ0n) is 9.87. The van der Waals surface area contributed by atoms with Crippen LogP contribution in [0.25, 0.3) is 0 Å². The maximum absolute atomic E-state index is 11.4. The Hall–Kier alpha value is -0.570. The molecule has 0 bridgehead atoms. The highest BCUT2D eigenvalue weighted by atomic mass is 16.3. The molecule has 1 amide bonds. The van der Waals surface area contributed by atoms with Crippen molar-refractivity contribution < 1.29 is 9.90 Å². The predicted octanol–water partition coefficient (Wildman–Crippen LogP) is 1.41. The molecule has 0 saturated heterocycles. The fourth-order valence-corrected chi connectivity index (χ4v) is 1.16. The molecule has 2 N–H and O–H groups in total. The second-order valence-electron chi connectivity index (χ2n) is 4.56. The zero-order chi connectivity index (χ0) is 11.3. The maximum Gasteiger partial charge on any atom is 0.222 e. The van der Waals surface area contributed by atoms with Crippen LogP contribution in [0.3, 0.4) is 0 Å². The predicted molar refractivity (Wildman–Crippen MR) is 57.9 cm³/mol. The molecule has 0 rings (SSSR count). The third kappa shape index (κ3) is 4.09. The quantitative estimate of drug-likeness (QED) is 0.706. The van der Waals surface area contributed by atoms with E-state index in [4.69, 9.17) is 5.11 Å². The Morgan fingerprint density at radius 2 is 1.71 bits per heavy atom. The van der Waals surface area contributed by atoms with Crippen molar-refractivity contribution in [3.05, 3.63) is 0 Å². The molecule has 0 saturated carbocycles. The Morgan fingerprint density at radius 3 is 2.00 bits per heavy atom. The van der Waals surface area contributed by atoms with Gasteiger partial charge >= 0.3 is 0 Å². The minimum Gasteiger partial charge on any atom is -0.394 e. The van der Waals surface area contributed by atoms with Crippen LogP contribution in [-0.2, 0) is 4.79 Å². The number of aliphatic hydroxyl groups is 1. The molecule has 0 aliphatic rings. The average molecular weight is 201 g/mol. The van der Waals surface area contributed by atoms with Gasteiger partial charge in [-0.05, 0) is 11.8 Å². The smallest absolute Gasteiger partial charge is 0.222 e. The van der Waals surface area contributed by atoms with Gasteiger partial charge in [-0.2, -0.15) is 0 Å². The second kappa shape index (κ2) is 6.02. The number of amides is 1. The molecule has 3 nitrogen and oxygen atoms in total. The van der Waals surface area contributed by atoms with E-state index in [1.54, 1.807) is 0 Å². The van der Waals surface area contributed by atoms with Gasteiger partial charge in [0.25, 0.3) is 0 Å². The Labute approximate surface area is 86.9 Å². The summed E-state index contributed by atoms with van der Waals surface area (Å²) in [4.78, 5) is 11.4. The van der Waals surface area contributed by atoms with E-state index in [0.29, 0.717) is 11.8 Å². The van der Waals surface area contributed by atoms with Gasteiger partial charge in [0.2, 0.25) is 5.91 Å². The lowest BCUT2D eigenvalue weighted by molar-refractivity contribution is -0.125. The standard InChI is InChI=1S/C11H23NO2/c1-7(2)9(5)10(6-13)12-11(14)8(3)4/h7-10,13H,6H2,1-5H3,(H,12,14). The molecule has 2 unspecified atom stereocenters. The van der Waals surface area contributed by atoms with Crippen LogP contribution >= 0.6 is 0 Å². The van der Waals surface area contributed by atoms with Gasteiger partial charge in [0.1, 0.15) is 0 Å². The van der Waals surface area contributed by atoms with Gasteiger partial charge in [0.05, 0.1) is 12.6 Å². The molecule has 0 aromatic carbocycles. The molecule has 14 heavy (non-hydrogen) atoms. The highest BCUT2D eigenvalue weighted by Gasteiger charge is 2.22. The van der Waals surface area contributed by atoms with Crippen molar-refractivity contribution in [1.29, 1.82) is 0 Å². The highest BCUT2D eigenvalue weighted by Crippen LogP contribution is 2.14. The molecule has 84 valence electrons. The number of aliphatic hydroxyl groups excluding tert-OH is 1. The molecule has 0 aromatic heterocycles. The SMILES string of the molecule is CC(C)C(=O)NC(CO)C(C)C(C)C. The van der Waals surface area contributed by atoms with Crippen LogP contribution in [0.2, 0.25) is 0 Å². The molecule has 3 heteroatoms. The first-order valence-corrected chi connectivity index (χ1v) is 5.31. The summed E-state index contributed by atoms with van der Waals surface area (Å²) in [6, 6.07) is -0.120. The number of hydrogen-bond donors (Lipinski definition) is 2. The van der Waals surface area contributed by atoms with Crippen molar-refractivity contribution >= 4 is 5.91 Å². The van der Waals surface area contributed by atoms with Gasteiger partial charge in [0, 0.05) is 5.92 Å². The maximum atomic E-state index is 11.4. The fourth-order valence-electron chi connectivity index (χ4n) is 1.16. The minimum absolute atomic E-state index is 0.0107. The molecular weight excluding hydrogens is 178 g/mol. The van der Waals surface area contributed by atoms with Gasteiger partial charge in [-0.1, -0.05) is 34.6 Å². The summed E-state index contributed by atoms with van der Waals surface area (Å²) in [6.07, 6.45) is 0. The van der Waals surface area contributed by atoms with Gasteiger partial charge in [-0.25, -0.2) is 0 Å². The first-order chi connectivity index (χ1) is 6.40. The lowest BCUT2D eigenvalue weighted by Gasteiger charge is -2.26. The van der Waals surface area contributed by atoms with Crippen LogP contribution in [0.15, 0.2) is 0 Å². The summed E-state index contributed by atoms with van der Waals surface area (Å²) in [5.41, 5.74) is 0. The summed E-state index contributed by atoms with van der Waals surface area (Å²) in [7, 11) is 0. The number of hydrogen-bond acceptors (Lipinski definition) is 2. The normalized spacial score (nSPS) is 15.7. The Bertz CT molecular complexity index is 178. The second-order valence-corrected chi connectivity index (χ2v) is 4.56. The van der Waals surface area contributed by atoms with Crippen molar-refractivity contribution in [1.82, 2.24) is 5.32 Å². The summed E-state index contributed by atoms with van der Waals surface area (Å²) in [5, 5.41) is 12.0. The molecule has 0 heterocycles. The fraction of sp³-hybridized carbons (Fsp3) is 0.909. The Morgan fingerprint density at radius 1 is 1.21 bits per heavy atom. The Balaban J connectivity index is 4.22. The topological polar surface area (TPSA) is 49.3 Å². The summed E-state index contributed by atoms with van der Waals surface area (Å²) >= 11 is 0. The van der Waals surface area contributed by atoms with Gasteiger partial charge in [-0.15, -0.1) is 0 Å². The van der Waals surface area contributed by atoms with Crippen LogP contribution in [-0.4, -0.2) is 23.7 Å². The first kappa shape index (κ1) is 13.4. The first-order valence-electron chi connectivity index (χ1n) is 5.31. The number of rotatable bonds is 5. The van der Waals surface area contributed by atoms with Crippen LogP contribution in [0.4, 0.5) is 0 Å². The molecular formula is C11H23NO2. The molecule has 0 radical (unpaired) electrons. The Kier molecular flexibility index (Phi) is 5.77. The molecule has 0 aliphatic heterocycles. The van der Waals surface area contributed by atoms with E-state index in [0.717, 1.165) is 0 Å². The van der Waals surface area contributed by atoms with E-state index in [1.807, 2.05) is 20.8 Å². The lowest BCUT2D eigenvalue weighted by atomic mass is 9.90. The van der Waals surface area contributed by atoms with Crippen LogP contribution in [0.1, 0.15) is 34.6 Å². The average Bonchev–Trinajstić information content (AvgIpc) is 2.12. The summed E-state index contributed by atoms with van der Waals surface area (Å²) < 4.78 is 0. The summed E-state index contributed by atoms with van der Waals surface area (Å²) in [6.45, 7) is 9.95.